The van der Waals surface area contributed by atoms with Crippen molar-refractivity contribution in [1.29, 1.82) is 0 Å². The Bertz CT molecular complexity index is 3170. The van der Waals surface area contributed by atoms with Crippen molar-refractivity contribution in [2.45, 2.75) is 0 Å². The second-order valence-electron chi connectivity index (χ2n) is 13.7. The number of aromatic nitrogens is 1. The molecule has 0 radical (unpaired) electrons. The molecule has 0 atom stereocenters. The summed E-state index contributed by atoms with van der Waals surface area (Å²) in [6.45, 7) is 0. The molecule has 9 aromatic carbocycles. The summed E-state index contributed by atoms with van der Waals surface area (Å²) in [4.78, 5) is 2.40. The SMILES string of the molecule is c1ccc(N(c2ccc3sc4cccc(-c5ccc6c(ccc7ccccc76)c5)c4c3c2)c2ccc3c4ccccc4n(-c4ccccc4)c3c2)cc1. The summed E-state index contributed by atoms with van der Waals surface area (Å²) in [6.07, 6.45) is 0. The summed E-state index contributed by atoms with van der Waals surface area (Å²) in [6, 6.07) is 71.0. The van der Waals surface area contributed by atoms with Crippen LogP contribution in [0.25, 0.3) is 80.3 Å². The summed E-state index contributed by atoms with van der Waals surface area (Å²) in [5.74, 6) is 0. The molecular weight excluding hydrogens is 661 g/mol. The molecule has 0 bridgehead atoms. The van der Waals surface area contributed by atoms with Gasteiger partial charge in [-0.05, 0) is 105 Å². The van der Waals surface area contributed by atoms with E-state index in [0.717, 1.165) is 22.7 Å². The lowest BCUT2D eigenvalue weighted by molar-refractivity contribution is 1.18. The predicted octanol–water partition coefficient (Wildman–Crippen LogP) is 14.6. The normalized spacial score (nSPS) is 11.8. The molecule has 0 fully saturated rings. The molecule has 0 saturated carbocycles. The Morgan fingerprint density at radius 2 is 1.06 bits per heavy atom. The predicted molar refractivity (Wildman–Crippen MR) is 229 cm³/mol. The number of nitrogens with zero attached hydrogens (tertiary/aromatic N) is 2. The number of fused-ring (bicyclic) bond motifs is 9. The summed E-state index contributed by atoms with van der Waals surface area (Å²) in [5.41, 5.74) is 9.41. The summed E-state index contributed by atoms with van der Waals surface area (Å²) >= 11 is 1.87. The lowest BCUT2D eigenvalue weighted by atomic mass is 9.95. The highest BCUT2D eigenvalue weighted by Gasteiger charge is 2.19. The molecule has 2 aromatic heterocycles. The fourth-order valence-corrected chi connectivity index (χ4v) is 9.47. The first-order valence-electron chi connectivity index (χ1n) is 18.1. The number of thiophene rings is 1. The Hall–Kier alpha value is -6.68. The molecule has 0 spiro atoms. The fraction of sp³-hybridized carbons (Fsp3) is 0. The van der Waals surface area contributed by atoms with Crippen molar-refractivity contribution >= 4 is 91.9 Å². The van der Waals surface area contributed by atoms with E-state index < -0.39 is 0 Å². The summed E-state index contributed by atoms with van der Waals surface area (Å²) < 4.78 is 4.98. The van der Waals surface area contributed by atoms with E-state index in [4.69, 9.17) is 0 Å². The Kier molecular flexibility index (Phi) is 6.76. The van der Waals surface area contributed by atoms with E-state index in [2.05, 4.69) is 204 Å². The van der Waals surface area contributed by atoms with Gasteiger partial charge in [0.1, 0.15) is 0 Å². The van der Waals surface area contributed by atoms with E-state index in [1.54, 1.807) is 0 Å². The van der Waals surface area contributed by atoms with Crippen LogP contribution in [-0.4, -0.2) is 4.57 Å². The molecule has 0 aliphatic heterocycles. The number of anilines is 3. The van der Waals surface area contributed by atoms with Crippen molar-refractivity contribution in [3.05, 3.63) is 194 Å². The van der Waals surface area contributed by atoms with Crippen LogP contribution in [0, 0.1) is 0 Å². The van der Waals surface area contributed by atoms with Crippen molar-refractivity contribution in [2.75, 3.05) is 4.90 Å². The third-order valence-electron chi connectivity index (χ3n) is 10.7. The average Bonchev–Trinajstić information content (AvgIpc) is 3.77. The maximum atomic E-state index is 2.40. The molecule has 11 aromatic rings. The first kappa shape index (κ1) is 30.0. The van der Waals surface area contributed by atoms with Crippen molar-refractivity contribution in [3.8, 4) is 16.8 Å². The molecule has 0 aliphatic rings. The minimum Gasteiger partial charge on any atom is -0.310 e. The largest absolute Gasteiger partial charge is 0.310 e. The van der Waals surface area contributed by atoms with E-state index in [1.165, 1.54) is 74.6 Å². The highest BCUT2D eigenvalue weighted by molar-refractivity contribution is 7.26. The molecule has 3 heteroatoms. The highest BCUT2D eigenvalue weighted by Crippen LogP contribution is 2.45. The molecule has 2 nitrogen and oxygen atoms in total. The Balaban J connectivity index is 1.12. The molecule has 2 heterocycles. The molecular formula is C50H32N2S. The molecule has 0 aliphatic carbocycles. The molecule has 0 amide bonds. The van der Waals surface area contributed by atoms with Crippen LogP contribution in [-0.2, 0) is 0 Å². The highest BCUT2D eigenvalue weighted by atomic mass is 32.1. The van der Waals surface area contributed by atoms with Gasteiger partial charge < -0.3 is 9.47 Å². The Labute approximate surface area is 311 Å². The van der Waals surface area contributed by atoms with Gasteiger partial charge in [0.25, 0.3) is 0 Å². The number of rotatable bonds is 5. The van der Waals surface area contributed by atoms with Crippen molar-refractivity contribution in [1.82, 2.24) is 4.57 Å². The monoisotopic (exact) mass is 692 g/mol. The molecule has 0 unspecified atom stereocenters. The van der Waals surface area contributed by atoms with Gasteiger partial charge in [-0.15, -0.1) is 11.3 Å². The third-order valence-corrected chi connectivity index (χ3v) is 11.9. The third kappa shape index (κ3) is 4.78. The van der Waals surface area contributed by atoms with Crippen molar-refractivity contribution in [3.63, 3.8) is 0 Å². The van der Waals surface area contributed by atoms with Gasteiger partial charge in [0, 0.05) is 53.7 Å². The summed E-state index contributed by atoms with van der Waals surface area (Å²) in [5, 5.41) is 10.2. The Morgan fingerprint density at radius 1 is 0.377 bits per heavy atom. The smallest absolute Gasteiger partial charge is 0.0561 e. The van der Waals surface area contributed by atoms with Gasteiger partial charge in [0.2, 0.25) is 0 Å². The van der Waals surface area contributed by atoms with Crippen LogP contribution >= 0.6 is 11.3 Å². The maximum absolute atomic E-state index is 2.40. The van der Waals surface area contributed by atoms with Crippen LogP contribution in [0.15, 0.2) is 194 Å². The van der Waals surface area contributed by atoms with Gasteiger partial charge in [-0.2, -0.15) is 0 Å². The lowest BCUT2D eigenvalue weighted by Crippen LogP contribution is -2.10. The first-order chi connectivity index (χ1) is 26.3. The van der Waals surface area contributed by atoms with Gasteiger partial charge in [-0.25, -0.2) is 0 Å². The quantitative estimate of drug-likeness (QED) is 0.163. The average molecular weight is 693 g/mol. The van der Waals surface area contributed by atoms with Gasteiger partial charge in [-0.1, -0.05) is 121 Å². The zero-order chi connectivity index (χ0) is 34.9. The topological polar surface area (TPSA) is 8.17 Å². The van der Waals surface area contributed by atoms with Crippen LogP contribution in [0.5, 0.6) is 0 Å². The van der Waals surface area contributed by atoms with Crippen LogP contribution in [0.2, 0.25) is 0 Å². The van der Waals surface area contributed by atoms with Crippen LogP contribution < -0.4 is 4.90 Å². The van der Waals surface area contributed by atoms with E-state index in [9.17, 15) is 0 Å². The molecule has 0 N–H and O–H groups in total. The number of hydrogen-bond acceptors (Lipinski definition) is 2. The van der Waals surface area contributed by atoms with Crippen molar-refractivity contribution in [2.24, 2.45) is 0 Å². The van der Waals surface area contributed by atoms with Crippen molar-refractivity contribution < 1.29 is 0 Å². The number of benzene rings is 9. The minimum absolute atomic E-state index is 1.12. The van der Waals surface area contributed by atoms with E-state index in [0.29, 0.717) is 0 Å². The number of hydrogen-bond donors (Lipinski definition) is 0. The second kappa shape index (κ2) is 11.9. The Morgan fingerprint density at radius 3 is 1.94 bits per heavy atom. The van der Waals surface area contributed by atoms with Crippen LogP contribution in [0.1, 0.15) is 0 Å². The molecule has 248 valence electrons. The second-order valence-corrected chi connectivity index (χ2v) is 14.8. The zero-order valence-electron chi connectivity index (χ0n) is 28.8. The first-order valence-corrected chi connectivity index (χ1v) is 18.9. The van der Waals surface area contributed by atoms with Gasteiger partial charge in [0.15, 0.2) is 0 Å². The standard InChI is InChI=1S/C50H32N2S/c1-3-13-36(14-4-1)51(39-25-28-44-43-18-9-10-20-46(43)52(47(44)32-39)37-15-5-2-6-16-37)38-26-29-48-45(31-38)50-42(19-11-21-49(50)53-48)35-24-27-41-34(30-35)23-22-33-12-7-8-17-40(33)41/h1-32H. The maximum Gasteiger partial charge on any atom is 0.0561 e. The summed E-state index contributed by atoms with van der Waals surface area (Å²) in [7, 11) is 0. The molecule has 0 saturated heterocycles. The van der Waals surface area contributed by atoms with E-state index >= 15 is 0 Å². The molecule has 11 rings (SSSR count). The number of para-hydroxylation sites is 3. The van der Waals surface area contributed by atoms with Crippen LogP contribution in [0.4, 0.5) is 17.1 Å². The molecule has 53 heavy (non-hydrogen) atoms. The minimum atomic E-state index is 1.12. The van der Waals surface area contributed by atoms with E-state index in [1.807, 2.05) is 11.3 Å². The van der Waals surface area contributed by atoms with Gasteiger partial charge in [-0.3, -0.25) is 0 Å². The van der Waals surface area contributed by atoms with Gasteiger partial charge in [0.05, 0.1) is 11.0 Å². The zero-order valence-corrected chi connectivity index (χ0v) is 29.6. The van der Waals surface area contributed by atoms with Crippen LogP contribution in [0.3, 0.4) is 0 Å². The van der Waals surface area contributed by atoms with E-state index in [-0.39, 0.29) is 0 Å². The fourth-order valence-electron chi connectivity index (χ4n) is 8.35. The lowest BCUT2D eigenvalue weighted by Gasteiger charge is -2.26. The van der Waals surface area contributed by atoms with Gasteiger partial charge >= 0.3 is 0 Å².